The minimum absolute atomic E-state index is 1.37. The lowest BCUT2D eigenvalue weighted by atomic mass is 11.6. The van der Waals surface area contributed by atoms with Crippen molar-refractivity contribution >= 4 is 15.9 Å². The largest absolute Gasteiger partial charge is 0.303 e. The fourth-order valence-electron chi connectivity index (χ4n) is 0. The van der Waals surface area contributed by atoms with Gasteiger partial charge in [0.05, 0.1) is 0 Å². The third-order valence-electron chi connectivity index (χ3n) is 0.319. The van der Waals surface area contributed by atoms with Gasteiger partial charge in [0, 0.05) is 0 Å². The maximum Gasteiger partial charge on any atom is 0.137 e. The summed E-state index contributed by atoms with van der Waals surface area (Å²) in [6.07, 6.45) is 0. The molecule has 0 rings (SSSR count). The van der Waals surface area contributed by atoms with Crippen LogP contribution in [-0.4, -0.2) is 21.7 Å². The second-order valence-electron chi connectivity index (χ2n) is 0.845. The van der Waals surface area contributed by atoms with Crippen LogP contribution in [-0.2, 0) is 9.99 Å². The van der Waals surface area contributed by atoms with Crippen LogP contribution in [0.3, 0.4) is 0 Å². The zero-order valence-electron chi connectivity index (χ0n) is 3.47. The fraction of sp³-hybridized carbons (Fsp3) is 0.500. The molecule has 0 bridgehead atoms. The molecule has 0 aliphatic heterocycles. The lowest BCUT2D eigenvalue weighted by Crippen LogP contribution is -2.15. The van der Waals surface area contributed by atoms with Crippen molar-refractivity contribution in [1.29, 1.82) is 0 Å². The molecule has 0 amide bonds. The predicted octanol–water partition coefficient (Wildman–Crippen LogP) is -0.690. The summed E-state index contributed by atoms with van der Waals surface area (Å²) in [4.78, 5) is 0. The van der Waals surface area contributed by atoms with Gasteiger partial charge in [0.25, 0.3) is 0 Å². The maximum absolute atomic E-state index is 9.89. The Morgan fingerprint density at radius 3 is 2.17 bits per heavy atom. The van der Waals surface area contributed by atoms with Gasteiger partial charge in [0.15, 0.2) is 0 Å². The molecule has 0 saturated carbocycles. The highest BCUT2D eigenvalue weighted by molar-refractivity contribution is 7.93. The summed E-state index contributed by atoms with van der Waals surface area (Å²) in [5.74, 6) is 2.86. The molecule has 0 heterocycles. The molecule has 38 valence electrons. The average molecular weight is 109 g/mol. The van der Waals surface area contributed by atoms with Crippen LogP contribution in [0.1, 0.15) is 0 Å². The van der Waals surface area contributed by atoms with E-state index in [4.69, 9.17) is 4.55 Å². The van der Waals surface area contributed by atoms with Crippen LogP contribution < -0.4 is 4.72 Å². The molecule has 0 aromatic heterocycles. The Bertz CT molecular complexity index is 114. The summed E-state index contributed by atoms with van der Waals surface area (Å²) in [5, 5.41) is 0. The molecule has 0 aliphatic rings. The van der Waals surface area contributed by atoms with Crippen molar-refractivity contribution in [2.45, 2.75) is 0 Å². The quantitative estimate of drug-likeness (QED) is 0.438. The normalized spacial score (nSPS) is 19.7. The number of hydrogen-bond acceptors (Lipinski definition) is 1. The van der Waals surface area contributed by atoms with Crippen molar-refractivity contribution in [2.24, 2.45) is 0 Å². The predicted molar refractivity (Wildman–Crippen MR) is 27.0 cm³/mol. The molecule has 0 aliphatic carbocycles. The van der Waals surface area contributed by atoms with Gasteiger partial charge in [-0.15, -0.1) is 0 Å². The van der Waals surface area contributed by atoms with Gasteiger partial charge in [0.2, 0.25) is 0 Å². The van der Waals surface area contributed by atoms with Gasteiger partial charge in [0.1, 0.15) is 9.99 Å². The Morgan fingerprint density at radius 1 is 2.00 bits per heavy atom. The topological polar surface area (TPSA) is 49.3 Å². The van der Waals surface area contributed by atoms with Gasteiger partial charge in [-0.25, -0.2) is 8.93 Å². The molecule has 0 aromatic carbocycles. The molecular weight excluding hydrogens is 102 g/mol. The molecular formula is C2H7NO2S. The molecule has 6 heavy (non-hydrogen) atoms. The van der Waals surface area contributed by atoms with Crippen LogP contribution in [0, 0.1) is 0 Å². The van der Waals surface area contributed by atoms with Gasteiger partial charge < -0.3 is 4.55 Å². The van der Waals surface area contributed by atoms with Crippen molar-refractivity contribution in [3.8, 4) is 0 Å². The average Bonchev–Trinajstić information content (AvgIpc) is 1.35. The lowest BCUT2D eigenvalue weighted by Gasteiger charge is -1.91. The molecule has 1 unspecified atom stereocenters. The summed E-state index contributed by atoms with van der Waals surface area (Å²) in [7, 11) is -1.54. The summed E-state index contributed by atoms with van der Waals surface area (Å²) >= 11 is 0. The second kappa shape index (κ2) is 1.59. The zero-order chi connectivity index (χ0) is 5.21. The van der Waals surface area contributed by atoms with Crippen LogP contribution in [0.25, 0.3) is 0 Å². The highest BCUT2D eigenvalue weighted by atomic mass is 32.2. The molecule has 0 aromatic rings. The third-order valence-corrected chi connectivity index (χ3v) is 0.957. The molecule has 1 atom stereocenters. The van der Waals surface area contributed by atoms with Crippen molar-refractivity contribution in [1.82, 2.24) is 4.72 Å². The second-order valence-corrected chi connectivity index (χ2v) is 2.53. The van der Waals surface area contributed by atoms with Gasteiger partial charge in [-0.2, -0.15) is 0 Å². The van der Waals surface area contributed by atoms with Crippen LogP contribution in [0.4, 0.5) is 0 Å². The molecule has 0 saturated heterocycles. The van der Waals surface area contributed by atoms with Crippen LogP contribution >= 0.6 is 0 Å². The standard InChI is InChI=1S/C2H7NO2S/c1-3-6(2,4)5/h2H2,1H3,(H2,3,4,5). The van der Waals surface area contributed by atoms with Crippen LogP contribution in [0.15, 0.2) is 0 Å². The first-order valence-corrected chi connectivity index (χ1v) is 3.03. The van der Waals surface area contributed by atoms with E-state index in [9.17, 15) is 4.21 Å². The van der Waals surface area contributed by atoms with Gasteiger partial charge >= 0.3 is 0 Å². The summed E-state index contributed by atoms with van der Waals surface area (Å²) < 4.78 is 20.1. The first-order valence-electron chi connectivity index (χ1n) is 1.34. The highest BCUT2D eigenvalue weighted by Crippen LogP contribution is 1.61. The van der Waals surface area contributed by atoms with E-state index in [1.165, 1.54) is 7.05 Å². The van der Waals surface area contributed by atoms with E-state index >= 15 is 0 Å². The van der Waals surface area contributed by atoms with Crippen molar-refractivity contribution in [3.05, 3.63) is 0 Å². The minimum Gasteiger partial charge on any atom is -0.303 e. The molecule has 4 heteroatoms. The Kier molecular flexibility index (Phi) is 1.58. The lowest BCUT2D eigenvalue weighted by molar-refractivity contribution is 0.551. The summed E-state index contributed by atoms with van der Waals surface area (Å²) in [6, 6.07) is 0. The van der Waals surface area contributed by atoms with E-state index in [1.54, 1.807) is 0 Å². The SMILES string of the molecule is C=S(=O)(O)NC. The van der Waals surface area contributed by atoms with Crippen molar-refractivity contribution < 1.29 is 8.76 Å². The van der Waals surface area contributed by atoms with E-state index in [0.29, 0.717) is 0 Å². The number of rotatable bonds is 1. The van der Waals surface area contributed by atoms with E-state index in [2.05, 4.69) is 10.6 Å². The Labute approximate surface area is 37.3 Å². The Hall–Kier alpha value is -0.0600. The first-order chi connectivity index (χ1) is 2.56. The van der Waals surface area contributed by atoms with Crippen LogP contribution in [0.2, 0.25) is 0 Å². The Morgan fingerprint density at radius 2 is 2.17 bits per heavy atom. The van der Waals surface area contributed by atoms with E-state index in [-0.39, 0.29) is 0 Å². The molecule has 0 radical (unpaired) electrons. The van der Waals surface area contributed by atoms with Gasteiger partial charge in [-0.3, -0.25) is 0 Å². The smallest absolute Gasteiger partial charge is 0.137 e. The molecule has 3 nitrogen and oxygen atoms in total. The minimum atomic E-state index is -2.91. The third kappa shape index (κ3) is 3.94. The molecule has 0 spiro atoms. The molecule has 0 fully saturated rings. The summed E-state index contributed by atoms with van der Waals surface area (Å²) in [6.45, 7) is 0. The van der Waals surface area contributed by atoms with Crippen molar-refractivity contribution in [2.75, 3.05) is 7.05 Å². The molecule has 2 N–H and O–H groups in total. The number of hydrogen-bond donors (Lipinski definition) is 2. The van der Waals surface area contributed by atoms with Gasteiger partial charge in [-0.05, 0) is 12.9 Å². The van der Waals surface area contributed by atoms with E-state index in [0.717, 1.165) is 0 Å². The maximum atomic E-state index is 9.89. The van der Waals surface area contributed by atoms with E-state index < -0.39 is 9.99 Å². The Balaban J connectivity index is 3.85. The fourth-order valence-corrected chi connectivity index (χ4v) is 0. The number of nitrogens with one attached hydrogen (secondary N) is 1. The highest BCUT2D eigenvalue weighted by Gasteiger charge is 1.81. The monoisotopic (exact) mass is 109 g/mol. The van der Waals surface area contributed by atoms with Gasteiger partial charge in [-0.1, -0.05) is 0 Å². The van der Waals surface area contributed by atoms with Crippen LogP contribution in [0.5, 0.6) is 0 Å². The summed E-state index contributed by atoms with van der Waals surface area (Å²) in [5.41, 5.74) is 0. The first kappa shape index (κ1) is 5.94. The zero-order valence-corrected chi connectivity index (χ0v) is 4.29. The van der Waals surface area contributed by atoms with E-state index in [1.807, 2.05) is 0 Å². The van der Waals surface area contributed by atoms with Crippen molar-refractivity contribution in [3.63, 3.8) is 0 Å².